The van der Waals surface area contributed by atoms with Crippen LogP contribution in [0.2, 0.25) is 0 Å². The lowest BCUT2D eigenvalue weighted by atomic mass is 10.0. The van der Waals surface area contributed by atoms with Crippen LogP contribution in [-0.2, 0) is 9.59 Å². The highest BCUT2D eigenvalue weighted by atomic mass is 16.4. The molecule has 0 bridgehead atoms. The molecule has 1 saturated carbocycles. The van der Waals surface area contributed by atoms with Gasteiger partial charge in [0.2, 0.25) is 5.91 Å². The van der Waals surface area contributed by atoms with Gasteiger partial charge in [0.05, 0.1) is 12.0 Å². The zero-order chi connectivity index (χ0) is 13.8. The molecule has 19 heavy (non-hydrogen) atoms. The van der Waals surface area contributed by atoms with Crippen molar-refractivity contribution >= 4 is 11.9 Å². The van der Waals surface area contributed by atoms with Crippen molar-refractivity contribution in [2.75, 3.05) is 0 Å². The maximum absolute atomic E-state index is 12.1. The van der Waals surface area contributed by atoms with Crippen molar-refractivity contribution in [3.05, 3.63) is 30.1 Å². The number of carboxylic acid groups (broad SMARTS) is 1. The maximum atomic E-state index is 12.1. The van der Waals surface area contributed by atoms with Crippen molar-refractivity contribution < 1.29 is 14.7 Å². The van der Waals surface area contributed by atoms with E-state index in [1.165, 1.54) is 0 Å². The number of aliphatic carboxylic acids is 1. The fraction of sp³-hybridized carbons (Fsp3) is 0.500. The number of nitrogens with one attached hydrogen (secondary N) is 1. The zero-order valence-electron chi connectivity index (χ0n) is 10.9. The number of rotatable bonds is 4. The molecule has 1 aliphatic carbocycles. The van der Waals surface area contributed by atoms with E-state index < -0.39 is 5.97 Å². The third-order valence-corrected chi connectivity index (χ3v) is 3.72. The molecule has 3 atom stereocenters. The van der Waals surface area contributed by atoms with Crippen LogP contribution < -0.4 is 5.32 Å². The van der Waals surface area contributed by atoms with Crippen LogP contribution in [-0.4, -0.2) is 22.0 Å². The van der Waals surface area contributed by atoms with Crippen molar-refractivity contribution in [1.82, 2.24) is 10.3 Å². The number of aromatic nitrogens is 1. The van der Waals surface area contributed by atoms with E-state index in [9.17, 15) is 9.59 Å². The Kier molecular flexibility index (Phi) is 4.14. The van der Waals surface area contributed by atoms with Gasteiger partial charge < -0.3 is 10.4 Å². The highest BCUT2D eigenvalue weighted by Gasteiger charge is 2.34. The Labute approximate surface area is 112 Å². The number of amides is 1. The summed E-state index contributed by atoms with van der Waals surface area (Å²) < 4.78 is 0. The van der Waals surface area contributed by atoms with E-state index in [1.807, 2.05) is 19.1 Å². The Hall–Kier alpha value is -1.91. The van der Waals surface area contributed by atoms with Crippen LogP contribution in [0.1, 0.15) is 37.8 Å². The molecule has 1 aromatic rings. The Morgan fingerprint density at radius 2 is 1.95 bits per heavy atom. The minimum atomic E-state index is -0.794. The Balaban J connectivity index is 1.90. The SMILES string of the molecule is CC(NC(=O)C1CCC(C(=O)O)C1)c1ccncc1. The summed E-state index contributed by atoms with van der Waals surface area (Å²) in [5.41, 5.74) is 0.996. The van der Waals surface area contributed by atoms with Crippen LogP contribution in [0.3, 0.4) is 0 Å². The monoisotopic (exact) mass is 262 g/mol. The fourth-order valence-corrected chi connectivity index (χ4v) is 2.51. The predicted octanol–water partition coefficient (Wildman–Crippen LogP) is 1.76. The number of carboxylic acids is 1. The fourth-order valence-electron chi connectivity index (χ4n) is 2.51. The predicted molar refractivity (Wildman–Crippen MR) is 69.3 cm³/mol. The average Bonchev–Trinajstić information content (AvgIpc) is 2.89. The van der Waals surface area contributed by atoms with E-state index in [2.05, 4.69) is 10.3 Å². The van der Waals surface area contributed by atoms with Gasteiger partial charge in [-0.2, -0.15) is 0 Å². The topological polar surface area (TPSA) is 79.3 Å². The summed E-state index contributed by atoms with van der Waals surface area (Å²) in [6, 6.07) is 3.64. The Bertz CT molecular complexity index is 461. The van der Waals surface area contributed by atoms with E-state index >= 15 is 0 Å². The zero-order valence-corrected chi connectivity index (χ0v) is 10.9. The molecular weight excluding hydrogens is 244 g/mol. The smallest absolute Gasteiger partial charge is 0.306 e. The molecule has 2 N–H and O–H groups in total. The lowest BCUT2D eigenvalue weighted by Crippen LogP contribution is -2.32. The van der Waals surface area contributed by atoms with Crippen LogP contribution in [0.5, 0.6) is 0 Å². The van der Waals surface area contributed by atoms with Gasteiger partial charge in [-0.3, -0.25) is 14.6 Å². The molecule has 0 aromatic carbocycles. The molecule has 1 aromatic heterocycles. The first-order valence-electron chi connectivity index (χ1n) is 6.51. The number of carbonyl (C=O) groups is 2. The van der Waals surface area contributed by atoms with Crippen molar-refractivity contribution in [3.63, 3.8) is 0 Å². The standard InChI is InChI=1S/C14H18N2O3/c1-9(10-4-6-15-7-5-10)16-13(17)11-2-3-12(8-11)14(18)19/h4-7,9,11-12H,2-3,8H2,1H3,(H,16,17)(H,18,19). The molecule has 3 unspecified atom stereocenters. The van der Waals surface area contributed by atoms with Crippen LogP contribution in [0.15, 0.2) is 24.5 Å². The summed E-state index contributed by atoms with van der Waals surface area (Å²) in [4.78, 5) is 26.9. The van der Waals surface area contributed by atoms with Crippen molar-refractivity contribution in [3.8, 4) is 0 Å². The molecular formula is C14H18N2O3. The van der Waals surface area contributed by atoms with Crippen LogP contribution in [0.25, 0.3) is 0 Å². The van der Waals surface area contributed by atoms with Gasteiger partial charge >= 0.3 is 5.97 Å². The average molecular weight is 262 g/mol. The van der Waals surface area contributed by atoms with Gasteiger partial charge in [0.25, 0.3) is 0 Å². The molecule has 0 aliphatic heterocycles. The second-order valence-electron chi connectivity index (χ2n) is 5.06. The van der Waals surface area contributed by atoms with E-state index in [0.717, 1.165) is 5.56 Å². The minimum Gasteiger partial charge on any atom is -0.481 e. The summed E-state index contributed by atoms with van der Waals surface area (Å²) in [6.45, 7) is 1.91. The van der Waals surface area contributed by atoms with Crippen molar-refractivity contribution in [2.45, 2.75) is 32.2 Å². The van der Waals surface area contributed by atoms with Gasteiger partial charge in [-0.25, -0.2) is 0 Å². The number of hydrogen-bond donors (Lipinski definition) is 2. The molecule has 0 spiro atoms. The Morgan fingerprint density at radius 3 is 2.53 bits per heavy atom. The second kappa shape index (κ2) is 5.82. The van der Waals surface area contributed by atoms with Crippen LogP contribution >= 0.6 is 0 Å². The molecule has 5 heteroatoms. The Morgan fingerprint density at radius 1 is 1.32 bits per heavy atom. The minimum absolute atomic E-state index is 0.0481. The van der Waals surface area contributed by atoms with E-state index in [0.29, 0.717) is 19.3 Å². The van der Waals surface area contributed by atoms with Gasteiger partial charge in [0, 0.05) is 18.3 Å². The number of pyridine rings is 1. The summed E-state index contributed by atoms with van der Waals surface area (Å²) in [6.07, 6.45) is 5.08. The van der Waals surface area contributed by atoms with Crippen LogP contribution in [0.4, 0.5) is 0 Å². The first-order chi connectivity index (χ1) is 9.08. The second-order valence-corrected chi connectivity index (χ2v) is 5.06. The maximum Gasteiger partial charge on any atom is 0.306 e. The number of carbonyl (C=O) groups excluding carboxylic acids is 1. The van der Waals surface area contributed by atoms with Crippen molar-refractivity contribution in [1.29, 1.82) is 0 Å². The third kappa shape index (κ3) is 3.30. The summed E-state index contributed by atoms with van der Waals surface area (Å²) in [5.74, 6) is -1.39. The van der Waals surface area contributed by atoms with Gasteiger partial charge in [-0.1, -0.05) is 0 Å². The first-order valence-corrected chi connectivity index (χ1v) is 6.51. The molecule has 1 amide bonds. The summed E-state index contributed by atoms with van der Waals surface area (Å²) in [5, 5.41) is 11.9. The quantitative estimate of drug-likeness (QED) is 0.866. The van der Waals surface area contributed by atoms with Gasteiger partial charge in [-0.15, -0.1) is 0 Å². The number of hydrogen-bond acceptors (Lipinski definition) is 3. The molecule has 1 aliphatic rings. The third-order valence-electron chi connectivity index (χ3n) is 3.72. The van der Waals surface area contributed by atoms with Gasteiger partial charge in [0.1, 0.15) is 0 Å². The molecule has 102 valence electrons. The highest BCUT2D eigenvalue weighted by Crippen LogP contribution is 2.31. The number of nitrogens with zero attached hydrogens (tertiary/aromatic N) is 1. The van der Waals surface area contributed by atoms with E-state index in [-0.39, 0.29) is 23.8 Å². The lowest BCUT2D eigenvalue weighted by molar-refractivity contribution is -0.141. The van der Waals surface area contributed by atoms with Crippen molar-refractivity contribution in [2.24, 2.45) is 11.8 Å². The van der Waals surface area contributed by atoms with E-state index in [1.54, 1.807) is 12.4 Å². The highest BCUT2D eigenvalue weighted by molar-refractivity contribution is 5.81. The first kappa shape index (κ1) is 13.5. The van der Waals surface area contributed by atoms with E-state index in [4.69, 9.17) is 5.11 Å². The normalized spacial score (nSPS) is 23.8. The molecule has 0 radical (unpaired) electrons. The molecule has 1 fully saturated rings. The molecule has 2 rings (SSSR count). The molecule has 1 heterocycles. The largest absolute Gasteiger partial charge is 0.481 e. The van der Waals surface area contributed by atoms with Gasteiger partial charge in [0.15, 0.2) is 0 Å². The molecule has 5 nitrogen and oxygen atoms in total. The summed E-state index contributed by atoms with van der Waals surface area (Å²) in [7, 11) is 0. The molecule has 0 saturated heterocycles. The van der Waals surface area contributed by atoms with Gasteiger partial charge in [-0.05, 0) is 43.9 Å². The summed E-state index contributed by atoms with van der Waals surface area (Å²) >= 11 is 0. The van der Waals surface area contributed by atoms with Crippen LogP contribution in [0, 0.1) is 11.8 Å². The lowest BCUT2D eigenvalue weighted by Gasteiger charge is -2.17.